The molecule has 0 spiro atoms. The van der Waals surface area contributed by atoms with E-state index in [1.165, 1.54) is 29.7 Å². The Morgan fingerprint density at radius 1 is 1.37 bits per heavy atom. The molecule has 0 aromatic heterocycles. The second-order valence-electron chi connectivity index (χ2n) is 8.51. The van der Waals surface area contributed by atoms with E-state index >= 15 is 0 Å². The van der Waals surface area contributed by atoms with Crippen molar-refractivity contribution in [2.75, 3.05) is 6.61 Å². The minimum absolute atomic E-state index is 0.0849. The Bertz CT molecular complexity index is 712. The van der Waals surface area contributed by atoms with E-state index in [2.05, 4.69) is 20.8 Å². The van der Waals surface area contributed by atoms with Gasteiger partial charge in [0.1, 0.15) is 12.7 Å². The average Bonchev–Trinajstić information content (AvgIpc) is 2.65. The molecule has 1 aliphatic heterocycles. The largest absolute Gasteiger partial charge is 0.459 e. The number of halogens is 1. The lowest BCUT2D eigenvalue weighted by Gasteiger charge is -2.41. The number of hydrogen-bond acceptors (Lipinski definition) is 7. The van der Waals surface area contributed by atoms with Gasteiger partial charge in [0.15, 0.2) is 5.78 Å². The van der Waals surface area contributed by atoms with Crippen LogP contribution in [0.4, 0.5) is 0 Å². The van der Waals surface area contributed by atoms with Crippen LogP contribution in [0.15, 0.2) is 11.5 Å². The summed E-state index contributed by atoms with van der Waals surface area (Å²) in [6.07, 6.45) is 5.37. The second-order valence-corrected chi connectivity index (χ2v) is 10.0. The molecule has 1 saturated carbocycles. The smallest absolute Gasteiger partial charge is 0.345 e. The Morgan fingerprint density at radius 3 is 2.67 bits per heavy atom. The van der Waals surface area contributed by atoms with Crippen molar-refractivity contribution in [1.29, 1.82) is 0 Å². The van der Waals surface area contributed by atoms with Crippen molar-refractivity contribution in [1.82, 2.24) is 4.90 Å². The Hall–Kier alpha value is -1.54. The molecule has 0 radical (unpaired) electrons. The molecule has 1 amide bonds. The number of nitrogens with zero attached hydrogens (tertiary/aromatic N) is 1. The molecule has 4 atom stereocenters. The van der Waals surface area contributed by atoms with Crippen LogP contribution >= 0.6 is 23.4 Å². The van der Waals surface area contributed by atoms with E-state index < -0.39 is 17.4 Å². The van der Waals surface area contributed by atoms with E-state index in [4.69, 9.17) is 21.1 Å². The summed E-state index contributed by atoms with van der Waals surface area (Å²) in [5.41, 5.74) is -1.12. The Morgan fingerprint density at radius 2 is 2.07 bits per heavy atom. The highest BCUT2D eigenvalue weighted by atomic mass is 35.5. The van der Waals surface area contributed by atoms with E-state index in [-0.39, 0.29) is 41.6 Å². The minimum atomic E-state index is -1.31. The molecule has 7 nitrogen and oxygen atoms in total. The number of likely N-dealkylation sites (tertiary alicyclic amines) is 1. The maximum Gasteiger partial charge on any atom is 0.345 e. The lowest BCUT2D eigenvalue weighted by molar-refractivity contribution is -0.158. The van der Waals surface area contributed by atoms with Crippen molar-refractivity contribution in [3.8, 4) is 0 Å². The molecule has 168 valence electrons. The number of ether oxygens (including phenoxy) is 2. The number of thioether (sulfide) groups is 1. The summed E-state index contributed by atoms with van der Waals surface area (Å²) in [6, 6.07) is 0. The van der Waals surface area contributed by atoms with Gasteiger partial charge in [0, 0.05) is 6.08 Å². The lowest BCUT2D eigenvalue weighted by Crippen LogP contribution is -2.56. The Kier molecular flexibility index (Phi) is 8.79. The van der Waals surface area contributed by atoms with Gasteiger partial charge in [-0.15, -0.1) is 11.8 Å². The zero-order valence-corrected chi connectivity index (χ0v) is 19.5. The molecule has 1 saturated heterocycles. The molecule has 0 aromatic rings. The van der Waals surface area contributed by atoms with Crippen molar-refractivity contribution in [3.63, 3.8) is 0 Å². The number of Topliss-reactive ketones (excluding diaryl/α,β-unsaturated/α-hetero) is 1. The van der Waals surface area contributed by atoms with Crippen LogP contribution in [-0.2, 0) is 28.7 Å². The van der Waals surface area contributed by atoms with Gasteiger partial charge < -0.3 is 14.4 Å². The zero-order valence-electron chi connectivity index (χ0n) is 17.9. The summed E-state index contributed by atoms with van der Waals surface area (Å²) in [6.45, 7) is 7.55. The molecule has 0 bridgehead atoms. The molecular formula is C21H30ClNO6S. The first-order chi connectivity index (χ1) is 14.0. The molecule has 0 N–H and O–H groups in total. The normalized spacial score (nSPS) is 27.7. The van der Waals surface area contributed by atoms with Gasteiger partial charge in [-0.25, -0.2) is 9.59 Å². The van der Waals surface area contributed by atoms with Crippen LogP contribution in [0, 0.1) is 11.3 Å². The van der Waals surface area contributed by atoms with Gasteiger partial charge in [-0.3, -0.25) is 9.59 Å². The standard InChI is InChI=1S/C21H30ClNO6S/c1-13(2)21(4)8-5-6-15(11-21)29-18(26)7-9-30-17-10-16(25)23(17)19(22)20(27)28-12-14(3)24/h7,9,13,15,17,19H,5-6,8,10-12H2,1-4H3/t15?,17-,19?,21?/m1/s1. The van der Waals surface area contributed by atoms with Gasteiger partial charge in [-0.05, 0) is 49.3 Å². The fraction of sp³-hybridized carbons (Fsp3) is 0.714. The molecule has 2 aliphatic rings. The molecule has 1 heterocycles. The predicted octanol–water partition coefficient (Wildman–Crippen LogP) is 3.64. The monoisotopic (exact) mass is 459 g/mol. The van der Waals surface area contributed by atoms with E-state index in [0.717, 1.165) is 25.7 Å². The number of ketones is 1. The first-order valence-electron chi connectivity index (χ1n) is 10.2. The van der Waals surface area contributed by atoms with Crippen molar-refractivity contribution >= 4 is 47.0 Å². The number of carbonyl (C=O) groups excluding carboxylic acids is 4. The van der Waals surface area contributed by atoms with Gasteiger partial charge in [-0.2, -0.15) is 0 Å². The summed E-state index contributed by atoms with van der Waals surface area (Å²) >= 11 is 7.22. The molecule has 9 heteroatoms. The lowest BCUT2D eigenvalue weighted by atomic mass is 9.67. The van der Waals surface area contributed by atoms with Crippen LogP contribution in [0.3, 0.4) is 0 Å². The van der Waals surface area contributed by atoms with Gasteiger partial charge in [0.2, 0.25) is 11.4 Å². The van der Waals surface area contributed by atoms with E-state index in [0.29, 0.717) is 5.92 Å². The number of amides is 1. The average molecular weight is 460 g/mol. The number of alkyl halides is 1. The van der Waals surface area contributed by atoms with Crippen LogP contribution in [0.25, 0.3) is 0 Å². The van der Waals surface area contributed by atoms with Crippen LogP contribution in [0.5, 0.6) is 0 Å². The van der Waals surface area contributed by atoms with Crippen molar-refractivity contribution in [3.05, 3.63) is 11.5 Å². The molecule has 30 heavy (non-hydrogen) atoms. The fourth-order valence-electron chi connectivity index (χ4n) is 3.61. The quantitative estimate of drug-likeness (QED) is 0.171. The van der Waals surface area contributed by atoms with E-state index in [1.807, 2.05) is 0 Å². The third-order valence-corrected chi connectivity index (χ3v) is 7.28. The van der Waals surface area contributed by atoms with Crippen LogP contribution in [0.1, 0.15) is 59.8 Å². The zero-order chi connectivity index (χ0) is 22.5. The third kappa shape index (κ3) is 6.48. The number of β-lactam (4-membered cyclic amide) rings is 1. The molecule has 0 aromatic carbocycles. The molecule has 2 rings (SSSR count). The molecular weight excluding hydrogens is 430 g/mol. The molecule has 3 unspecified atom stereocenters. The number of carbonyl (C=O) groups is 4. The Labute approximate surface area is 186 Å². The SMILES string of the molecule is CC(=O)COC(=O)C(Cl)N1C(=O)C[C@H]1SC=CC(=O)OC1CCCC(C)(C(C)C)C1. The second kappa shape index (κ2) is 10.7. The van der Waals surface area contributed by atoms with Crippen molar-refractivity contribution in [2.24, 2.45) is 11.3 Å². The summed E-state index contributed by atoms with van der Waals surface area (Å²) in [7, 11) is 0. The fourth-order valence-corrected chi connectivity index (χ4v) is 4.97. The minimum Gasteiger partial charge on any atom is -0.459 e. The van der Waals surface area contributed by atoms with Gasteiger partial charge in [0.25, 0.3) is 0 Å². The van der Waals surface area contributed by atoms with Crippen molar-refractivity contribution < 1.29 is 28.7 Å². The first-order valence-corrected chi connectivity index (χ1v) is 11.6. The van der Waals surface area contributed by atoms with Crippen LogP contribution < -0.4 is 0 Å². The van der Waals surface area contributed by atoms with E-state index in [1.54, 1.807) is 5.41 Å². The van der Waals surface area contributed by atoms with E-state index in [9.17, 15) is 19.2 Å². The maximum absolute atomic E-state index is 12.2. The molecule has 1 aliphatic carbocycles. The maximum atomic E-state index is 12.2. The third-order valence-electron chi connectivity index (χ3n) is 5.89. The summed E-state index contributed by atoms with van der Waals surface area (Å²) in [5.74, 6) is -1.35. The van der Waals surface area contributed by atoms with Crippen LogP contribution in [-0.4, -0.2) is 52.1 Å². The number of esters is 2. The van der Waals surface area contributed by atoms with Crippen LogP contribution in [0.2, 0.25) is 0 Å². The summed E-state index contributed by atoms with van der Waals surface area (Å²) in [5, 5.41) is 1.18. The highest BCUT2D eigenvalue weighted by Crippen LogP contribution is 2.43. The number of hydrogen-bond donors (Lipinski definition) is 0. The summed E-state index contributed by atoms with van der Waals surface area (Å²) < 4.78 is 10.4. The first kappa shape index (κ1) is 24.7. The predicted molar refractivity (Wildman–Crippen MR) is 115 cm³/mol. The Balaban J connectivity index is 1.81. The van der Waals surface area contributed by atoms with Crippen molar-refractivity contribution in [2.45, 2.75) is 76.8 Å². The highest BCUT2D eigenvalue weighted by Gasteiger charge is 2.43. The molecule has 2 fully saturated rings. The van der Waals surface area contributed by atoms with Gasteiger partial charge >= 0.3 is 11.9 Å². The highest BCUT2D eigenvalue weighted by molar-refractivity contribution is 8.02. The van der Waals surface area contributed by atoms with Gasteiger partial charge in [-0.1, -0.05) is 32.4 Å². The topological polar surface area (TPSA) is 90.0 Å². The number of rotatable bonds is 9. The summed E-state index contributed by atoms with van der Waals surface area (Å²) in [4.78, 5) is 48.0. The van der Waals surface area contributed by atoms with Gasteiger partial charge in [0.05, 0.1) is 11.8 Å².